The molecule has 1 saturated heterocycles. The van der Waals surface area contributed by atoms with E-state index in [0.717, 1.165) is 31.5 Å². The first-order chi connectivity index (χ1) is 12.4. The van der Waals surface area contributed by atoms with E-state index in [-0.39, 0.29) is 30.2 Å². The van der Waals surface area contributed by atoms with Crippen molar-refractivity contribution in [3.8, 4) is 0 Å². The quantitative estimate of drug-likeness (QED) is 0.780. The Kier molecular flexibility index (Phi) is 7.18. The van der Waals surface area contributed by atoms with E-state index in [1.54, 1.807) is 12.1 Å². The largest absolute Gasteiger partial charge is 0.354 e. The monoisotopic (exact) mass is 359 g/mol. The van der Waals surface area contributed by atoms with Gasteiger partial charge in [-0.2, -0.15) is 0 Å². The molecule has 142 valence electrons. The van der Waals surface area contributed by atoms with E-state index in [2.05, 4.69) is 10.6 Å². The van der Waals surface area contributed by atoms with Gasteiger partial charge in [-0.15, -0.1) is 0 Å². The highest BCUT2D eigenvalue weighted by Gasteiger charge is 2.25. The lowest BCUT2D eigenvalue weighted by atomic mass is 10.0. The molecule has 1 aromatic rings. The van der Waals surface area contributed by atoms with Gasteiger partial charge in [-0.1, -0.05) is 32.0 Å². The van der Waals surface area contributed by atoms with Crippen molar-refractivity contribution >= 4 is 17.7 Å². The lowest BCUT2D eigenvalue weighted by Crippen LogP contribution is -2.50. The van der Waals surface area contributed by atoms with Crippen molar-refractivity contribution in [1.82, 2.24) is 15.5 Å². The standard InChI is InChI=1S/C20H29N3O3/c1-14(2)18(22-19(25)16-9-5-4-8-15(16)3)20(26)21-11-10-17(24)23-12-6-7-13-23/h4-5,8-9,14,18H,6-7,10-13H2,1-3H3,(H,21,26)(H,22,25). The number of aryl methyl sites for hydroxylation is 1. The van der Waals surface area contributed by atoms with Gasteiger partial charge in [0.05, 0.1) is 0 Å². The Bertz CT molecular complexity index is 651. The Morgan fingerprint density at radius 3 is 2.38 bits per heavy atom. The van der Waals surface area contributed by atoms with Gasteiger partial charge >= 0.3 is 0 Å². The molecule has 0 aromatic heterocycles. The zero-order chi connectivity index (χ0) is 19.1. The number of hydrogen-bond donors (Lipinski definition) is 2. The van der Waals surface area contributed by atoms with Gasteiger partial charge in [-0.25, -0.2) is 0 Å². The molecule has 1 atom stereocenters. The molecule has 6 nitrogen and oxygen atoms in total. The van der Waals surface area contributed by atoms with Crippen molar-refractivity contribution < 1.29 is 14.4 Å². The van der Waals surface area contributed by atoms with Crippen LogP contribution in [0.2, 0.25) is 0 Å². The van der Waals surface area contributed by atoms with Crippen molar-refractivity contribution in [2.75, 3.05) is 19.6 Å². The summed E-state index contributed by atoms with van der Waals surface area (Å²) in [7, 11) is 0. The third-order valence-electron chi connectivity index (χ3n) is 4.72. The highest BCUT2D eigenvalue weighted by Crippen LogP contribution is 2.10. The summed E-state index contributed by atoms with van der Waals surface area (Å²) in [6.07, 6.45) is 2.40. The molecule has 0 spiro atoms. The average Bonchev–Trinajstić information content (AvgIpc) is 3.14. The van der Waals surface area contributed by atoms with E-state index in [1.807, 2.05) is 37.8 Å². The number of benzene rings is 1. The number of nitrogens with zero attached hydrogens (tertiary/aromatic N) is 1. The topological polar surface area (TPSA) is 78.5 Å². The molecule has 1 aromatic carbocycles. The molecule has 1 heterocycles. The number of hydrogen-bond acceptors (Lipinski definition) is 3. The fourth-order valence-electron chi connectivity index (χ4n) is 3.11. The third kappa shape index (κ3) is 5.31. The predicted molar refractivity (Wildman–Crippen MR) is 101 cm³/mol. The first kappa shape index (κ1) is 19.9. The van der Waals surface area contributed by atoms with Crippen LogP contribution in [0.1, 0.15) is 49.0 Å². The number of carbonyl (C=O) groups is 3. The fourth-order valence-corrected chi connectivity index (χ4v) is 3.11. The molecular formula is C20H29N3O3. The van der Waals surface area contributed by atoms with Crippen LogP contribution in [-0.4, -0.2) is 48.3 Å². The van der Waals surface area contributed by atoms with Crippen molar-refractivity contribution in [2.24, 2.45) is 5.92 Å². The molecule has 0 radical (unpaired) electrons. The maximum Gasteiger partial charge on any atom is 0.252 e. The van der Waals surface area contributed by atoms with Crippen LogP contribution in [0.15, 0.2) is 24.3 Å². The second kappa shape index (κ2) is 9.36. The minimum Gasteiger partial charge on any atom is -0.354 e. The number of nitrogens with one attached hydrogen (secondary N) is 2. The summed E-state index contributed by atoms with van der Waals surface area (Å²) in [6.45, 7) is 7.55. The van der Waals surface area contributed by atoms with Gasteiger partial charge in [0, 0.05) is 31.6 Å². The predicted octanol–water partition coefficient (Wildman–Crippen LogP) is 1.88. The van der Waals surface area contributed by atoms with Crippen molar-refractivity contribution in [3.63, 3.8) is 0 Å². The second-order valence-electron chi connectivity index (χ2n) is 7.14. The molecule has 1 aliphatic rings. The van der Waals surface area contributed by atoms with E-state index in [9.17, 15) is 14.4 Å². The number of rotatable bonds is 7. The zero-order valence-corrected chi connectivity index (χ0v) is 15.9. The lowest BCUT2D eigenvalue weighted by molar-refractivity contribution is -0.130. The minimum absolute atomic E-state index is 0.0581. The summed E-state index contributed by atoms with van der Waals surface area (Å²) in [4.78, 5) is 38.9. The van der Waals surface area contributed by atoms with E-state index in [1.165, 1.54) is 0 Å². The van der Waals surface area contributed by atoms with Gasteiger partial charge in [-0.3, -0.25) is 14.4 Å². The fraction of sp³-hybridized carbons (Fsp3) is 0.550. The molecule has 0 aliphatic carbocycles. The van der Waals surface area contributed by atoms with Crippen molar-refractivity contribution in [2.45, 2.75) is 46.1 Å². The van der Waals surface area contributed by atoms with Gasteiger partial charge in [0.15, 0.2) is 0 Å². The number of amides is 3. The summed E-state index contributed by atoms with van der Waals surface area (Å²) in [5.41, 5.74) is 1.43. The highest BCUT2D eigenvalue weighted by molar-refractivity contribution is 5.98. The molecule has 1 aliphatic heterocycles. The van der Waals surface area contributed by atoms with Gasteiger partial charge in [0.25, 0.3) is 5.91 Å². The van der Waals surface area contributed by atoms with Crippen LogP contribution in [-0.2, 0) is 9.59 Å². The Hall–Kier alpha value is -2.37. The first-order valence-electron chi connectivity index (χ1n) is 9.32. The lowest BCUT2D eigenvalue weighted by Gasteiger charge is -2.22. The Morgan fingerprint density at radius 1 is 1.12 bits per heavy atom. The van der Waals surface area contributed by atoms with Crippen LogP contribution in [0.4, 0.5) is 0 Å². The summed E-state index contributed by atoms with van der Waals surface area (Å²) < 4.78 is 0. The molecule has 0 bridgehead atoms. The Balaban J connectivity index is 1.87. The summed E-state index contributed by atoms with van der Waals surface area (Å²) in [5, 5.41) is 5.61. The second-order valence-corrected chi connectivity index (χ2v) is 7.14. The molecular weight excluding hydrogens is 330 g/mol. The van der Waals surface area contributed by atoms with Crippen LogP contribution < -0.4 is 10.6 Å². The average molecular weight is 359 g/mol. The zero-order valence-electron chi connectivity index (χ0n) is 15.9. The first-order valence-corrected chi connectivity index (χ1v) is 9.32. The van der Waals surface area contributed by atoms with Crippen molar-refractivity contribution in [1.29, 1.82) is 0 Å². The van der Waals surface area contributed by atoms with Crippen LogP contribution in [0.5, 0.6) is 0 Å². The van der Waals surface area contributed by atoms with E-state index < -0.39 is 6.04 Å². The van der Waals surface area contributed by atoms with Gasteiger partial charge < -0.3 is 15.5 Å². The molecule has 26 heavy (non-hydrogen) atoms. The summed E-state index contributed by atoms with van der Waals surface area (Å²) in [6, 6.07) is 6.65. The van der Waals surface area contributed by atoms with E-state index in [4.69, 9.17) is 0 Å². The maximum atomic E-state index is 12.5. The normalized spacial score (nSPS) is 15.0. The van der Waals surface area contributed by atoms with Gasteiger partial charge in [0.2, 0.25) is 11.8 Å². The Morgan fingerprint density at radius 2 is 1.77 bits per heavy atom. The third-order valence-corrected chi connectivity index (χ3v) is 4.72. The van der Waals surface area contributed by atoms with Crippen LogP contribution in [0.25, 0.3) is 0 Å². The van der Waals surface area contributed by atoms with Crippen LogP contribution in [0.3, 0.4) is 0 Å². The van der Waals surface area contributed by atoms with Gasteiger partial charge in [0.1, 0.15) is 6.04 Å². The molecule has 1 fully saturated rings. The number of carbonyl (C=O) groups excluding carboxylic acids is 3. The molecule has 6 heteroatoms. The van der Waals surface area contributed by atoms with Gasteiger partial charge in [-0.05, 0) is 37.3 Å². The summed E-state index contributed by atoms with van der Waals surface area (Å²) >= 11 is 0. The highest BCUT2D eigenvalue weighted by atomic mass is 16.2. The molecule has 3 amide bonds. The van der Waals surface area contributed by atoms with E-state index in [0.29, 0.717) is 12.0 Å². The van der Waals surface area contributed by atoms with Crippen molar-refractivity contribution in [3.05, 3.63) is 35.4 Å². The summed E-state index contributed by atoms with van der Waals surface area (Å²) in [5.74, 6) is -0.494. The molecule has 2 rings (SSSR count). The Labute approximate surface area is 155 Å². The minimum atomic E-state index is -0.635. The molecule has 1 unspecified atom stereocenters. The molecule has 2 N–H and O–H groups in total. The SMILES string of the molecule is Cc1ccccc1C(=O)NC(C(=O)NCCC(=O)N1CCCC1)C(C)C. The molecule has 0 saturated carbocycles. The maximum absolute atomic E-state index is 12.5. The van der Waals surface area contributed by atoms with E-state index >= 15 is 0 Å². The van der Waals surface area contributed by atoms with Crippen LogP contribution in [0, 0.1) is 12.8 Å². The van der Waals surface area contributed by atoms with Crippen LogP contribution >= 0.6 is 0 Å². The smallest absolute Gasteiger partial charge is 0.252 e. The number of likely N-dealkylation sites (tertiary alicyclic amines) is 1.